The molecule has 1 saturated heterocycles. The number of thiophene rings is 1. The van der Waals surface area contributed by atoms with Gasteiger partial charge in [0.2, 0.25) is 0 Å². The summed E-state index contributed by atoms with van der Waals surface area (Å²) >= 11 is 8.20. The molecule has 0 atom stereocenters. The predicted octanol–water partition coefficient (Wildman–Crippen LogP) is 3.36. The summed E-state index contributed by atoms with van der Waals surface area (Å²) in [5.41, 5.74) is 0. The van der Waals surface area contributed by atoms with Gasteiger partial charge in [-0.25, -0.2) is 0 Å². The molecule has 1 aliphatic heterocycles. The molecule has 0 spiro atoms. The van der Waals surface area contributed by atoms with Gasteiger partial charge in [0, 0.05) is 10.9 Å². The van der Waals surface area contributed by atoms with Gasteiger partial charge in [0.25, 0.3) is 5.91 Å². The van der Waals surface area contributed by atoms with Crippen LogP contribution in [0.5, 0.6) is 0 Å². The van der Waals surface area contributed by atoms with Gasteiger partial charge in [-0.3, -0.25) is 9.69 Å². The fourth-order valence-corrected chi connectivity index (χ4v) is 3.67. The average molecular weight is 269 g/mol. The molecule has 0 unspecified atom stereocenters. The molecular formula is C11H11NOS3. The Hall–Kier alpha value is -0.650. The first-order valence-electron chi connectivity index (χ1n) is 4.90. The number of nitrogens with zero attached hydrogens (tertiary/aromatic N) is 1. The molecule has 2 nitrogen and oxygen atoms in total. The van der Waals surface area contributed by atoms with Crippen molar-refractivity contribution >= 4 is 51.6 Å². The minimum atomic E-state index is 0.0263. The number of hydrogen-bond acceptors (Lipinski definition) is 4. The van der Waals surface area contributed by atoms with E-state index in [1.807, 2.05) is 37.4 Å². The zero-order valence-corrected chi connectivity index (χ0v) is 11.4. The largest absolute Gasteiger partial charge is 0.290 e. The first-order chi connectivity index (χ1) is 7.59. The van der Waals surface area contributed by atoms with Crippen LogP contribution in [0.4, 0.5) is 0 Å². The Kier molecular flexibility index (Phi) is 3.47. The van der Waals surface area contributed by atoms with Gasteiger partial charge in [-0.2, -0.15) is 0 Å². The van der Waals surface area contributed by atoms with E-state index in [4.69, 9.17) is 12.2 Å². The van der Waals surface area contributed by atoms with Crippen molar-refractivity contribution in [2.75, 3.05) is 0 Å². The third-order valence-electron chi connectivity index (χ3n) is 2.16. The molecule has 0 bridgehead atoms. The Morgan fingerprint density at radius 2 is 2.25 bits per heavy atom. The molecule has 1 amide bonds. The van der Waals surface area contributed by atoms with E-state index >= 15 is 0 Å². The van der Waals surface area contributed by atoms with Crippen molar-refractivity contribution in [3.63, 3.8) is 0 Å². The Bertz CT molecular complexity index is 448. The lowest BCUT2D eigenvalue weighted by Gasteiger charge is -2.18. The Morgan fingerprint density at radius 1 is 1.50 bits per heavy atom. The molecule has 0 radical (unpaired) electrons. The lowest BCUT2D eigenvalue weighted by Crippen LogP contribution is -2.34. The average Bonchev–Trinajstić information content (AvgIpc) is 2.76. The summed E-state index contributed by atoms with van der Waals surface area (Å²) in [5.74, 6) is 0.0263. The van der Waals surface area contributed by atoms with E-state index in [0.717, 1.165) is 9.78 Å². The molecule has 5 heteroatoms. The van der Waals surface area contributed by atoms with Gasteiger partial charge in [0.05, 0.1) is 4.91 Å². The van der Waals surface area contributed by atoms with Crippen molar-refractivity contribution in [1.82, 2.24) is 4.90 Å². The zero-order chi connectivity index (χ0) is 11.7. The third kappa shape index (κ3) is 2.21. The second-order valence-electron chi connectivity index (χ2n) is 3.66. The normalized spacial score (nSPS) is 19.2. The van der Waals surface area contributed by atoms with Crippen molar-refractivity contribution < 1.29 is 4.79 Å². The summed E-state index contributed by atoms with van der Waals surface area (Å²) in [6.45, 7) is 3.94. The van der Waals surface area contributed by atoms with Crippen molar-refractivity contribution in [1.29, 1.82) is 0 Å². The third-order valence-corrected chi connectivity index (χ3v) is 4.31. The van der Waals surface area contributed by atoms with Gasteiger partial charge < -0.3 is 0 Å². The summed E-state index contributed by atoms with van der Waals surface area (Å²) in [7, 11) is 0. The number of amides is 1. The highest BCUT2D eigenvalue weighted by atomic mass is 32.2. The van der Waals surface area contributed by atoms with Crippen LogP contribution in [0.2, 0.25) is 0 Å². The number of thioether (sulfide) groups is 1. The van der Waals surface area contributed by atoms with Crippen molar-refractivity contribution in [2.45, 2.75) is 19.9 Å². The molecule has 16 heavy (non-hydrogen) atoms. The highest BCUT2D eigenvalue weighted by Gasteiger charge is 2.33. The minimum absolute atomic E-state index is 0.0263. The number of thiocarbonyl (C=S) groups is 1. The predicted molar refractivity (Wildman–Crippen MR) is 74.5 cm³/mol. The second-order valence-corrected chi connectivity index (χ2v) is 6.32. The molecule has 0 N–H and O–H groups in total. The zero-order valence-electron chi connectivity index (χ0n) is 8.97. The van der Waals surface area contributed by atoms with E-state index in [1.165, 1.54) is 11.8 Å². The molecule has 1 aromatic heterocycles. The monoisotopic (exact) mass is 269 g/mol. The van der Waals surface area contributed by atoms with Crippen LogP contribution in [0.15, 0.2) is 22.4 Å². The molecular weight excluding hydrogens is 258 g/mol. The van der Waals surface area contributed by atoms with Gasteiger partial charge in [0.15, 0.2) is 0 Å². The summed E-state index contributed by atoms with van der Waals surface area (Å²) in [4.78, 5) is 15.5. The van der Waals surface area contributed by atoms with Crippen LogP contribution in [-0.2, 0) is 4.79 Å². The van der Waals surface area contributed by atoms with Crippen LogP contribution in [0.25, 0.3) is 6.08 Å². The Balaban J connectivity index is 2.27. The topological polar surface area (TPSA) is 20.3 Å². The summed E-state index contributed by atoms with van der Waals surface area (Å²) in [6.07, 6.45) is 1.91. The van der Waals surface area contributed by atoms with Gasteiger partial charge in [-0.15, -0.1) is 11.3 Å². The first-order valence-corrected chi connectivity index (χ1v) is 7.00. The quantitative estimate of drug-likeness (QED) is 0.606. The highest BCUT2D eigenvalue weighted by molar-refractivity contribution is 8.26. The SMILES string of the molecule is CC(C)N1C(=O)/C(=C/c2cccs2)SC1=S. The molecule has 84 valence electrons. The number of carbonyl (C=O) groups is 1. The Labute approximate surface area is 108 Å². The smallest absolute Gasteiger partial charge is 0.266 e. The van der Waals surface area contributed by atoms with Gasteiger partial charge >= 0.3 is 0 Å². The van der Waals surface area contributed by atoms with Crippen LogP contribution < -0.4 is 0 Å². The van der Waals surface area contributed by atoms with Gasteiger partial charge in [-0.05, 0) is 31.4 Å². The van der Waals surface area contributed by atoms with E-state index in [1.54, 1.807) is 16.2 Å². The standard InChI is InChI=1S/C11H11NOS3/c1-7(2)12-10(13)9(16-11(12)14)6-8-4-3-5-15-8/h3-7H,1-2H3/b9-6-. The molecule has 2 rings (SSSR count). The summed E-state index contributed by atoms with van der Waals surface area (Å²) in [5, 5.41) is 2.00. The van der Waals surface area contributed by atoms with Gasteiger partial charge in [0.1, 0.15) is 4.32 Å². The molecule has 0 saturated carbocycles. The van der Waals surface area contributed by atoms with Crippen molar-refractivity contribution in [3.05, 3.63) is 27.3 Å². The first kappa shape index (κ1) is 11.8. The van der Waals surface area contributed by atoms with Crippen LogP contribution >= 0.6 is 35.3 Å². The lowest BCUT2D eigenvalue weighted by atomic mass is 10.3. The number of hydrogen-bond donors (Lipinski definition) is 0. The van der Waals surface area contributed by atoms with Crippen LogP contribution in [-0.4, -0.2) is 21.2 Å². The van der Waals surface area contributed by atoms with Gasteiger partial charge in [-0.1, -0.05) is 30.0 Å². The maximum absolute atomic E-state index is 12.0. The van der Waals surface area contributed by atoms with Crippen LogP contribution in [0.1, 0.15) is 18.7 Å². The van der Waals surface area contributed by atoms with Crippen LogP contribution in [0.3, 0.4) is 0 Å². The maximum Gasteiger partial charge on any atom is 0.266 e. The molecule has 2 heterocycles. The van der Waals surface area contributed by atoms with E-state index in [-0.39, 0.29) is 11.9 Å². The molecule has 0 aromatic carbocycles. The minimum Gasteiger partial charge on any atom is -0.290 e. The van der Waals surface area contributed by atoms with Crippen molar-refractivity contribution in [2.24, 2.45) is 0 Å². The van der Waals surface area contributed by atoms with E-state index in [0.29, 0.717) is 4.32 Å². The maximum atomic E-state index is 12.0. The van der Waals surface area contributed by atoms with E-state index in [9.17, 15) is 4.79 Å². The van der Waals surface area contributed by atoms with Crippen LogP contribution in [0, 0.1) is 0 Å². The molecule has 0 aliphatic carbocycles. The van der Waals surface area contributed by atoms with E-state index in [2.05, 4.69) is 0 Å². The molecule has 1 fully saturated rings. The summed E-state index contributed by atoms with van der Waals surface area (Å²) in [6, 6.07) is 4.09. The summed E-state index contributed by atoms with van der Waals surface area (Å²) < 4.78 is 0.655. The van der Waals surface area contributed by atoms with Crippen molar-refractivity contribution in [3.8, 4) is 0 Å². The van der Waals surface area contributed by atoms with E-state index < -0.39 is 0 Å². The fraction of sp³-hybridized carbons (Fsp3) is 0.273. The second kappa shape index (κ2) is 4.69. The fourth-order valence-electron chi connectivity index (χ4n) is 1.43. The Morgan fingerprint density at radius 3 is 2.75 bits per heavy atom. The molecule has 1 aromatic rings. The number of carbonyl (C=O) groups excluding carboxylic acids is 1. The highest BCUT2D eigenvalue weighted by Crippen LogP contribution is 2.34. The number of rotatable bonds is 2. The lowest BCUT2D eigenvalue weighted by molar-refractivity contribution is -0.123. The molecule has 1 aliphatic rings.